The second kappa shape index (κ2) is 20.6. The van der Waals surface area contributed by atoms with Crippen LogP contribution in [0.1, 0.15) is 96.8 Å². The summed E-state index contributed by atoms with van der Waals surface area (Å²) < 4.78 is 0. The SMILES string of the molecule is CCCCCCCCC1CCC(C2CC=C(Sc3ccccc3)CC2)CC1.F.F.F.F.F. The molecule has 0 saturated heterocycles. The van der Waals surface area contributed by atoms with Gasteiger partial charge in [0.2, 0.25) is 0 Å². The molecule has 0 spiro atoms. The van der Waals surface area contributed by atoms with Crippen LogP contribution in [-0.4, -0.2) is 0 Å². The predicted molar refractivity (Wildman–Crippen MR) is 134 cm³/mol. The van der Waals surface area contributed by atoms with E-state index >= 15 is 0 Å². The number of thioether (sulfide) groups is 1. The number of benzene rings is 1. The first-order chi connectivity index (χ1) is 13.3. The Kier molecular flexibility index (Phi) is 22.8. The van der Waals surface area contributed by atoms with Crippen molar-refractivity contribution in [2.75, 3.05) is 0 Å². The molecule has 190 valence electrons. The molecule has 0 amide bonds. The molecule has 0 aliphatic heterocycles. The van der Waals surface area contributed by atoms with Gasteiger partial charge in [0.25, 0.3) is 0 Å². The summed E-state index contributed by atoms with van der Waals surface area (Å²) in [6.45, 7) is 2.31. The second-order valence-electron chi connectivity index (χ2n) is 8.96. The molecule has 1 aromatic rings. The van der Waals surface area contributed by atoms with E-state index in [2.05, 4.69) is 43.3 Å². The molecule has 0 radical (unpaired) electrons. The standard InChI is InChI=1S/C26H40S.5FH/c1-2-3-4-5-6-8-11-22-14-16-23(17-15-22)24-18-20-26(21-19-24)27-25-12-9-7-10-13-25;;;;;/h7,9-10,12-13,20,22-24H,2-6,8,11,14-19,21H2,1H3;5*1H. The molecule has 0 N–H and O–H groups in total. The van der Waals surface area contributed by atoms with Crippen LogP contribution in [0.4, 0.5) is 23.5 Å². The summed E-state index contributed by atoms with van der Waals surface area (Å²) in [5, 5.41) is 0. The molecule has 1 fully saturated rings. The molecule has 0 bridgehead atoms. The first-order valence-electron chi connectivity index (χ1n) is 11.8. The minimum absolute atomic E-state index is 0. The maximum Gasteiger partial charge on any atom is 0.0118 e. The second-order valence-corrected chi connectivity index (χ2v) is 10.2. The number of hydrogen-bond donors (Lipinski definition) is 0. The lowest BCUT2D eigenvalue weighted by molar-refractivity contribution is 0.186. The Morgan fingerprint density at radius 3 is 1.94 bits per heavy atom. The molecule has 32 heavy (non-hydrogen) atoms. The third-order valence-corrected chi connectivity index (χ3v) is 8.07. The van der Waals surface area contributed by atoms with Crippen LogP contribution in [0.5, 0.6) is 0 Å². The van der Waals surface area contributed by atoms with Crippen molar-refractivity contribution in [2.24, 2.45) is 17.8 Å². The summed E-state index contributed by atoms with van der Waals surface area (Å²) in [6, 6.07) is 10.9. The van der Waals surface area contributed by atoms with Crippen LogP contribution in [0.15, 0.2) is 46.2 Å². The van der Waals surface area contributed by atoms with Crippen LogP contribution in [0.3, 0.4) is 0 Å². The van der Waals surface area contributed by atoms with Gasteiger partial charge in [0.05, 0.1) is 0 Å². The van der Waals surface area contributed by atoms with Crippen LogP contribution in [0, 0.1) is 17.8 Å². The van der Waals surface area contributed by atoms with Gasteiger partial charge in [-0.15, -0.1) is 0 Å². The van der Waals surface area contributed by atoms with Gasteiger partial charge in [0, 0.05) is 4.90 Å². The van der Waals surface area contributed by atoms with E-state index in [9.17, 15) is 0 Å². The van der Waals surface area contributed by atoms with Crippen LogP contribution in [0.2, 0.25) is 0 Å². The van der Waals surface area contributed by atoms with E-state index in [4.69, 9.17) is 0 Å². The van der Waals surface area contributed by atoms with E-state index in [1.807, 2.05) is 11.8 Å². The molecule has 1 unspecified atom stereocenters. The van der Waals surface area contributed by atoms with Crippen molar-refractivity contribution < 1.29 is 23.5 Å². The Morgan fingerprint density at radius 2 is 1.34 bits per heavy atom. The van der Waals surface area contributed by atoms with Crippen molar-refractivity contribution >= 4 is 11.8 Å². The first-order valence-corrected chi connectivity index (χ1v) is 12.6. The maximum atomic E-state index is 2.56. The largest absolute Gasteiger partial charge is 0.269 e. The normalized spacial score (nSPS) is 21.9. The van der Waals surface area contributed by atoms with Gasteiger partial charge in [-0.05, 0) is 66.9 Å². The van der Waals surface area contributed by atoms with Crippen molar-refractivity contribution in [1.82, 2.24) is 0 Å². The van der Waals surface area contributed by atoms with Gasteiger partial charge in [0.15, 0.2) is 0 Å². The fourth-order valence-corrected chi connectivity index (χ4v) is 6.15. The average Bonchev–Trinajstić information content (AvgIpc) is 2.72. The highest BCUT2D eigenvalue weighted by Crippen LogP contribution is 2.43. The molecule has 2 aliphatic rings. The quantitative estimate of drug-likeness (QED) is 0.235. The van der Waals surface area contributed by atoms with E-state index in [0.717, 1.165) is 17.8 Å². The fraction of sp³-hybridized carbons (Fsp3) is 0.692. The fourth-order valence-electron chi connectivity index (χ4n) is 5.15. The van der Waals surface area contributed by atoms with Crippen LogP contribution in [0.25, 0.3) is 0 Å². The summed E-state index contributed by atoms with van der Waals surface area (Å²) >= 11 is 1.99. The average molecular weight is 485 g/mol. The Labute approximate surface area is 196 Å². The van der Waals surface area contributed by atoms with Crippen molar-refractivity contribution in [2.45, 2.75) is 102 Å². The number of hydrogen-bond acceptors (Lipinski definition) is 1. The zero-order valence-corrected chi connectivity index (χ0v) is 20.4. The summed E-state index contributed by atoms with van der Waals surface area (Å²) in [5.41, 5.74) is 0. The van der Waals surface area contributed by atoms with E-state index in [0.29, 0.717) is 0 Å². The zero-order valence-electron chi connectivity index (χ0n) is 19.5. The Balaban J connectivity index is -0.00000168. The van der Waals surface area contributed by atoms with Crippen LogP contribution in [-0.2, 0) is 0 Å². The van der Waals surface area contributed by atoms with E-state index < -0.39 is 0 Å². The van der Waals surface area contributed by atoms with Crippen molar-refractivity contribution in [3.05, 3.63) is 41.3 Å². The van der Waals surface area contributed by atoms with Gasteiger partial charge < -0.3 is 0 Å². The lowest BCUT2D eigenvalue weighted by atomic mass is 9.71. The smallest absolute Gasteiger partial charge is 0.0118 e. The van der Waals surface area contributed by atoms with E-state index in [1.165, 1.54) is 94.8 Å². The van der Waals surface area contributed by atoms with Gasteiger partial charge in [0.1, 0.15) is 0 Å². The highest BCUT2D eigenvalue weighted by Gasteiger charge is 2.28. The molecule has 1 saturated carbocycles. The summed E-state index contributed by atoms with van der Waals surface area (Å²) in [7, 11) is 0. The van der Waals surface area contributed by atoms with Crippen molar-refractivity contribution in [3.63, 3.8) is 0 Å². The number of rotatable bonds is 10. The van der Waals surface area contributed by atoms with Crippen LogP contribution >= 0.6 is 11.8 Å². The van der Waals surface area contributed by atoms with E-state index in [-0.39, 0.29) is 23.5 Å². The summed E-state index contributed by atoms with van der Waals surface area (Å²) in [5.74, 6) is 3.04. The maximum absolute atomic E-state index is 2.56. The van der Waals surface area contributed by atoms with Crippen LogP contribution < -0.4 is 0 Å². The van der Waals surface area contributed by atoms with E-state index in [1.54, 1.807) is 4.91 Å². The number of unbranched alkanes of at least 4 members (excludes halogenated alkanes) is 5. The van der Waals surface area contributed by atoms with Gasteiger partial charge in [-0.2, -0.15) is 0 Å². The Hall–Kier alpha value is -1.04. The number of halogens is 5. The third kappa shape index (κ3) is 12.3. The van der Waals surface area contributed by atoms with Crippen molar-refractivity contribution in [1.29, 1.82) is 0 Å². The van der Waals surface area contributed by atoms with Gasteiger partial charge in [-0.3, -0.25) is 23.5 Å². The molecule has 1 aromatic carbocycles. The minimum Gasteiger partial charge on any atom is -0.269 e. The molecule has 0 nitrogen and oxygen atoms in total. The lowest BCUT2D eigenvalue weighted by Gasteiger charge is -2.35. The monoisotopic (exact) mass is 484 g/mol. The van der Waals surface area contributed by atoms with Gasteiger partial charge in [-0.25, -0.2) is 0 Å². The molecule has 0 heterocycles. The van der Waals surface area contributed by atoms with Gasteiger partial charge >= 0.3 is 0 Å². The summed E-state index contributed by atoms with van der Waals surface area (Å²) in [4.78, 5) is 3.01. The van der Waals surface area contributed by atoms with Crippen molar-refractivity contribution in [3.8, 4) is 0 Å². The highest BCUT2D eigenvalue weighted by atomic mass is 32.2. The molecular weight excluding hydrogens is 439 g/mol. The molecule has 3 rings (SSSR count). The Morgan fingerprint density at radius 1 is 0.719 bits per heavy atom. The minimum atomic E-state index is 0. The Bertz CT molecular complexity index is 559. The molecule has 2 aliphatic carbocycles. The number of allylic oxidation sites excluding steroid dienone is 2. The zero-order chi connectivity index (χ0) is 18.7. The first kappa shape index (κ1) is 35.5. The highest BCUT2D eigenvalue weighted by molar-refractivity contribution is 8.03. The molecule has 0 aromatic heterocycles. The topological polar surface area (TPSA) is 0 Å². The molecule has 6 heteroatoms. The third-order valence-electron chi connectivity index (χ3n) is 6.93. The van der Waals surface area contributed by atoms with Gasteiger partial charge in [-0.1, -0.05) is 101 Å². The lowest BCUT2D eigenvalue weighted by Crippen LogP contribution is -2.23. The predicted octanol–water partition coefficient (Wildman–Crippen LogP) is 9.78. The molecular formula is C26H45F5S. The summed E-state index contributed by atoms with van der Waals surface area (Å²) in [6.07, 6.45) is 22.9. The molecule has 1 atom stereocenters.